The van der Waals surface area contributed by atoms with Crippen molar-refractivity contribution in [2.75, 3.05) is 13.1 Å². The molecule has 1 fully saturated rings. The highest BCUT2D eigenvalue weighted by molar-refractivity contribution is 8.13. The molecule has 0 aliphatic carbocycles. The Morgan fingerprint density at radius 2 is 1.50 bits per heavy atom. The number of hydrogen-bond donors (Lipinski definition) is 0. The number of piperidine rings is 1. The van der Waals surface area contributed by atoms with Crippen molar-refractivity contribution < 1.29 is 14.3 Å². The molecule has 1 aliphatic rings. The lowest BCUT2D eigenvalue weighted by Gasteiger charge is -2.30. The summed E-state index contributed by atoms with van der Waals surface area (Å²) in [5.74, 6) is 0.737. The second-order valence-electron chi connectivity index (χ2n) is 6.39. The minimum absolute atomic E-state index is 0.0295. The first-order valence-corrected chi connectivity index (χ1v) is 9.87. The van der Waals surface area contributed by atoms with Crippen LogP contribution in [0.25, 0.3) is 0 Å². The molecule has 0 spiro atoms. The Hall–Kier alpha value is -2.27. The monoisotopic (exact) mass is 369 g/mol. The number of carbonyl (C=O) groups excluding carboxylic acids is 2. The highest BCUT2D eigenvalue weighted by Gasteiger charge is 2.28. The third-order valence-electron chi connectivity index (χ3n) is 4.52. The van der Waals surface area contributed by atoms with E-state index < -0.39 is 0 Å². The molecular weight excluding hydrogens is 346 g/mol. The van der Waals surface area contributed by atoms with Crippen LogP contribution in [0.3, 0.4) is 0 Å². The van der Waals surface area contributed by atoms with Crippen LogP contribution in [-0.4, -0.2) is 29.2 Å². The van der Waals surface area contributed by atoms with Gasteiger partial charge in [0.2, 0.25) is 0 Å². The van der Waals surface area contributed by atoms with E-state index in [9.17, 15) is 9.59 Å². The summed E-state index contributed by atoms with van der Waals surface area (Å²) in [6, 6.07) is 19.7. The quantitative estimate of drug-likeness (QED) is 0.779. The normalized spacial score (nSPS) is 14.8. The number of ether oxygens (including phenoxy) is 1. The van der Waals surface area contributed by atoms with Gasteiger partial charge >= 0.3 is 6.09 Å². The maximum Gasteiger partial charge on any atom is 0.410 e. The number of amides is 1. The van der Waals surface area contributed by atoms with Crippen LogP contribution < -0.4 is 0 Å². The molecule has 2 aromatic carbocycles. The van der Waals surface area contributed by atoms with Crippen LogP contribution in [0, 0.1) is 5.92 Å². The van der Waals surface area contributed by atoms with Gasteiger partial charge in [-0.25, -0.2) is 4.79 Å². The topological polar surface area (TPSA) is 46.6 Å². The van der Waals surface area contributed by atoms with Gasteiger partial charge < -0.3 is 9.64 Å². The van der Waals surface area contributed by atoms with Crippen molar-refractivity contribution in [2.45, 2.75) is 25.2 Å². The molecular formula is C21H23NO3S. The highest BCUT2D eigenvalue weighted by atomic mass is 32.2. The fourth-order valence-corrected chi connectivity index (χ4v) is 3.93. The van der Waals surface area contributed by atoms with Gasteiger partial charge in [0.1, 0.15) is 6.61 Å². The molecule has 0 aromatic heterocycles. The van der Waals surface area contributed by atoms with Crippen LogP contribution in [-0.2, 0) is 21.9 Å². The largest absolute Gasteiger partial charge is 0.445 e. The summed E-state index contributed by atoms with van der Waals surface area (Å²) in [7, 11) is 0. The molecule has 0 saturated carbocycles. The fraction of sp³-hybridized carbons (Fsp3) is 0.333. The van der Waals surface area contributed by atoms with E-state index in [0.717, 1.165) is 11.1 Å². The van der Waals surface area contributed by atoms with Gasteiger partial charge in [-0.2, -0.15) is 0 Å². The molecule has 1 heterocycles. The summed E-state index contributed by atoms with van der Waals surface area (Å²) in [5, 5.41) is 0.228. The average molecular weight is 369 g/mol. The molecule has 5 heteroatoms. The Kier molecular flexibility index (Phi) is 6.72. The first-order chi connectivity index (χ1) is 12.7. The maximum atomic E-state index is 12.4. The molecule has 3 rings (SSSR count). The van der Waals surface area contributed by atoms with Crippen LogP contribution in [0.4, 0.5) is 4.79 Å². The van der Waals surface area contributed by atoms with Crippen LogP contribution in [0.5, 0.6) is 0 Å². The number of benzene rings is 2. The van der Waals surface area contributed by atoms with E-state index in [-0.39, 0.29) is 23.7 Å². The van der Waals surface area contributed by atoms with E-state index in [4.69, 9.17) is 4.74 Å². The van der Waals surface area contributed by atoms with Gasteiger partial charge in [0, 0.05) is 24.8 Å². The molecule has 0 radical (unpaired) electrons. The third-order valence-corrected chi connectivity index (χ3v) is 5.61. The zero-order valence-corrected chi connectivity index (χ0v) is 15.5. The van der Waals surface area contributed by atoms with Crippen LogP contribution in [0.2, 0.25) is 0 Å². The summed E-state index contributed by atoms with van der Waals surface area (Å²) < 4.78 is 5.37. The fourth-order valence-electron chi connectivity index (χ4n) is 2.95. The van der Waals surface area contributed by atoms with E-state index in [1.165, 1.54) is 11.8 Å². The molecule has 1 saturated heterocycles. The Morgan fingerprint density at radius 1 is 0.923 bits per heavy atom. The van der Waals surface area contributed by atoms with Crippen molar-refractivity contribution >= 4 is 23.0 Å². The maximum absolute atomic E-state index is 12.4. The third kappa shape index (κ3) is 5.36. The van der Waals surface area contributed by atoms with Gasteiger partial charge in [-0.15, -0.1) is 0 Å². The minimum atomic E-state index is -0.295. The number of thioether (sulfide) groups is 1. The SMILES string of the molecule is O=C(SCc1ccccc1)C1CCN(C(=O)OCc2ccccc2)CC1. The second-order valence-corrected chi connectivity index (χ2v) is 7.37. The van der Waals surface area contributed by atoms with Crippen molar-refractivity contribution in [1.82, 2.24) is 4.90 Å². The van der Waals surface area contributed by atoms with Gasteiger partial charge in [0.05, 0.1) is 0 Å². The van der Waals surface area contributed by atoms with Gasteiger partial charge in [0.25, 0.3) is 0 Å². The van der Waals surface area contributed by atoms with Crippen molar-refractivity contribution in [3.63, 3.8) is 0 Å². The first-order valence-electron chi connectivity index (χ1n) is 8.88. The lowest BCUT2D eigenvalue weighted by molar-refractivity contribution is -0.115. The van der Waals surface area contributed by atoms with E-state index in [0.29, 0.717) is 31.7 Å². The summed E-state index contributed by atoms with van der Waals surface area (Å²) in [4.78, 5) is 26.3. The zero-order chi connectivity index (χ0) is 18.2. The summed E-state index contributed by atoms with van der Waals surface area (Å²) >= 11 is 1.38. The Labute approximate surface area is 158 Å². The van der Waals surface area contributed by atoms with Gasteiger partial charge in [-0.05, 0) is 24.0 Å². The van der Waals surface area contributed by atoms with Crippen LogP contribution >= 0.6 is 11.8 Å². The van der Waals surface area contributed by atoms with Crippen molar-refractivity contribution in [1.29, 1.82) is 0 Å². The minimum Gasteiger partial charge on any atom is -0.445 e. The Bertz CT molecular complexity index is 649. The standard InChI is InChI=1S/C21H23NO3S/c23-20(26-16-18-9-5-2-6-10-18)19-11-13-22(14-12-19)21(24)25-15-17-7-3-1-4-8-17/h1-10,19H,11-16H2. The van der Waals surface area contributed by atoms with Crippen molar-refractivity contribution in [3.05, 3.63) is 71.8 Å². The summed E-state index contributed by atoms with van der Waals surface area (Å²) in [5.41, 5.74) is 2.14. The van der Waals surface area contributed by atoms with Gasteiger partial charge in [-0.1, -0.05) is 72.4 Å². The van der Waals surface area contributed by atoms with E-state index in [1.807, 2.05) is 60.7 Å². The number of rotatable bonds is 5. The summed E-state index contributed by atoms with van der Waals surface area (Å²) in [6.07, 6.45) is 1.12. The molecule has 0 atom stereocenters. The number of hydrogen-bond acceptors (Lipinski definition) is 4. The van der Waals surface area contributed by atoms with Gasteiger partial charge in [-0.3, -0.25) is 4.79 Å². The molecule has 0 N–H and O–H groups in total. The molecule has 1 amide bonds. The Balaban J connectivity index is 1.39. The molecule has 1 aliphatic heterocycles. The highest BCUT2D eigenvalue weighted by Crippen LogP contribution is 2.25. The molecule has 0 bridgehead atoms. The molecule has 0 unspecified atom stereocenters. The molecule has 26 heavy (non-hydrogen) atoms. The predicted molar refractivity (Wildman–Crippen MR) is 104 cm³/mol. The van der Waals surface area contributed by atoms with Crippen molar-refractivity contribution in [2.24, 2.45) is 5.92 Å². The molecule has 2 aromatic rings. The van der Waals surface area contributed by atoms with Gasteiger partial charge in [0.15, 0.2) is 5.12 Å². The summed E-state index contributed by atoms with van der Waals surface area (Å²) in [6.45, 7) is 1.44. The average Bonchev–Trinajstić information content (AvgIpc) is 2.72. The van der Waals surface area contributed by atoms with Crippen LogP contribution in [0.15, 0.2) is 60.7 Å². The van der Waals surface area contributed by atoms with Crippen molar-refractivity contribution in [3.8, 4) is 0 Å². The van der Waals surface area contributed by atoms with E-state index >= 15 is 0 Å². The van der Waals surface area contributed by atoms with E-state index in [1.54, 1.807) is 4.90 Å². The number of likely N-dealkylation sites (tertiary alicyclic amines) is 1. The second kappa shape index (κ2) is 9.43. The Morgan fingerprint density at radius 3 is 2.12 bits per heavy atom. The lowest BCUT2D eigenvalue weighted by Crippen LogP contribution is -2.40. The molecule has 136 valence electrons. The van der Waals surface area contributed by atoms with E-state index in [2.05, 4.69) is 0 Å². The smallest absolute Gasteiger partial charge is 0.410 e. The zero-order valence-electron chi connectivity index (χ0n) is 14.7. The molecule has 4 nitrogen and oxygen atoms in total. The van der Waals surface area contributed by atoms with Crippen LogP contribution in [0.1, 0.15) is 24.0 Å². The predicted octanol–water partition coefficient (Wildman–Crippen LogP) is 4.50. The first kappa shape index (κ1) is 18.5. The lowest BCUT2D eigenvalue weighted by atomic mass is 9.99. The number of nitrogens with zero attached hydrogens (tertiary/aromatic N) is 1. The number of carbonyl (C=O) groups is 2.